The number of benzene rings is 2. The Morgan fingerprint density at radius 2 is 1.06 bits per heavy atom. The SMILES string of the molecule is O=C(OC1CCC2CC3CCCC3CC2CC1OC(=O)c1ccccc1)c1ccccc1. The van der Waals surface area contributed by atoms with Crippen molar-refractivity contribution in [3.8, 4) is 0 Å². The first-order valence-electron chi connectivity index (χ1n) is 12.2. The van der Waals surface area contributed by atoms with Gasteiger partial charge in [-0.2, -0.15) is 0 Å². The summed E-state index contributed by atoms with van der Waals surface area (Å²) in [5, 5.41) is 0. The molecule has 5 rings (SSSR count). The summed E-state index contributed by atoms with van der Waals surface area (Å²) in [6.07, 6.45) is 8.37. The quantitative estimate of drug-likeness (QED) is 0.551. The predicted molar refractivity (Wildman–Crippen MR) is 122 cm³/mol. The van der Waals surface area contributed by atoms with E-state index in [9.17, 15) is 9.59 Å². The number of rotatable bonds is 4. The molecule has 3 saturated carbocycles. The van der Waals surface area contributed by atoms with Crippen molar-refractivity contribution in [2.75, 3.05) is 0 Å². The molecule has 3 fully saturated rings. The van der Waals surface area contributed by atoms with E-state index >= 15 is 0 Å². The second kappa shape index (κ2) is 9.48. The van der Waals surface area contributed by atoms with E-state index < -0.39 is 12.2 Å². The van der Waals surface area contributed by atoms with Gasteiger partial charge in [-0.15, -0.1) is 0 Å². The zero-order valence-electron chi connectivity index (χ0n) is 18.5. The molecule has 4 heteroatoms. The first kappa shape index (κ1) is 21.2. The number of carbonyl (C=O) groups excluding carboxylic acids is 2. The van der Waals surface area contributed by atoms with Gasteiger partial charge in [-0.3, -0.25) is 0 Å². The predicted octanol–water partition coefficient (Wildman–Crippen LogP) is 6.06. The second-order valence-electron chi connectivity index (χ2n) is 9.88. The van der Waals surface area contributed by atoms with Gasteiger partial charge in [-0.1, -0.05) is 55.7 Å². The standard InChI is InChI=1S/C28H32O4/c29-27(19-8-3-1-4-9-19)31-25-15-14-23-16-21-12-7-13-22(21)17-24(23)18-26(25)32-28(30)20-10-5-2-6-11-20/h1-6,8-11,21-26H,7,12-18H2. The van der Waals surface area contributed by atoms with Crippen LogP contribution < -0.4 is 0 Å². The molecule has 0 amide bonds. The van der Waals surface area contributed by atoms with Gasteiger partial charge in [0.1, 0.15) is 12.2 Å². The molecular formula is C28H32O4. The van der Waals surface area contributed by atoms with E-state index in [-0.39, 0.29) is 11.9 Å². The molecule has 2 aromatic rings. The molecule has 3 aliphatic carbocycles. The van der Waals surface area contributed by atoms with Crippen LogP contribution in [-0.2, 0) is 9.47 Å². The molecule has 6 unspecified atom stereocenters. The lowest BCUT2D eigenvalue weighted by Gasteiger charge is -2.38. The third kappa shape index (κ3) is 4.60. The fourth-order valence-electron chi connectivity index (χ4n) is 6.37. The van der Waals surface area contributed by atoms with Crippen molar-refractivity contribution in [2.24, 2.45) is 23.7 Å². The van der Waals surface area contributed by atoms with E-state index in [2.05, 4.69) is 0 Å². The Morgan fingerprint density at radius 3 is 1.66 bits per heavy atom. The van der Waals surface area contributed by atoms with Crippen LogP contribution in [0.15, 0.2) is 60.7 Å². The van der Waals surface area contributed by atoms with Crippen LogP contribution in [0.2, 0.25) is 0 Å². The number of esters is 2. The molecular weight excluding hydrogens is 400 g/mol. The van der Waals surface area contributed by atoms with Gasteiger partial charge in [0, 0.05) is 0 Å². The molecule has 0 aromatic heterocycles. The van der Waals surface area contributed by atoms with E-state index in [1.807, 2.05) is 36.4 Å². The van der Waals surface area contributed by atoms with Crippen LogP contribution in [0.4, 0.5) is 0 Å². The lowest BCUT2D eigenvalue weighted by atomic mass is 9.68. The summed E-state index contributed by atoms with van der Waals surface area (Å²) in [6, 6.07) is 18.2. The molecule has 0 spiro atoms. The molecule has 6 atom stereocenters. The molecule has 0 radical (unpaired) electrons. The minimum atomic E-state index is -0.402. The maximum Gasteiger partial charge on any atom is 0.338 e. The lowest BCUT2D eigenvalue weighted by molar-refractivity contribution is -0.0424. The Hall–Kier alpha value is -2.62. The van der Waals surface area contributed by atoms with Crippen molar-refractivity contribution in [3.63, 3.8) is 0 Å². The van der Waals surface area contributed by atoms with E-state index in [4.69, 9.17) is 9.47 Å². The average molecular weight is 433 g/mol. The third-order valence-electron chi connectivity index (χ3n) is 8.00. The summed E-state index contributed by atoms with van der Waals surface area (Å²) < 4.78 is 12.0. The fourth-order valence-corrected chi connectivity index (χ4v) is 6.37. The summed E-state index contributed by atoms with van der Waals surface area (Å²) in [7, 11) is 0. The second-order valence-corrected chi connectivity index (χ2v) is 9.88. The Kier molecular flexibility index (Phi) is 6.29. The van der Waals surface area contributed by atoms with Gasteiger partial charge in [0.2, 0.25) is 0 Å². The Bertz CT molecular complexity index is 925. The summed E-state index contributed by atoms with van der Waals surface area (Å²) in [4.78, 5) is 25.7. The van der Waals surface area contributed by atoms with E-state index in [0.717, 1.165) is 31.1 Å². The molecule has 0 bridgehead atoms. The molecule has 0 saturated heterocycles. The van der Waals surface area contributed by atoms with E-state index in [1.165, 1.54) is 32.1 Å². The van der Waals surface area contributed by atoms with Crippen LogP contribution in [0.3, 0.4) is 0 Å². The van der Waals surface area contributed by atoms with Crippen LogP contribution in [0.5, 0.6) is 0 Å². The summed E-state index contributed by atoms with van der Waals surface area (Å²) in [5.74, 6) is 2.22. The van der Waals surface area contributed by atoms with Crippen molar-refractivity contribution < 1.29 is 19.1 Å². The molecule has 3 aliphatic rings. The minimum Gasteiger partial charge on any atom is -0.455 e. The highest BCUT2D eigenvalue weighted by atomic mass is 16.6. The Labute approximate surface area is 190 Å². The zero-order chi connectivity index (χ0) is 21.9. The normalized spacial score (nSPS) is 31.6. The van der Waals surface area contributed by atoms with Crippen LogP contribution >= 0.6 is 0 Å². The largest absolute Gasteiger partial charge is 0.455 e. The summed E-state index contributed by atoms with van der Waals surface area (Å²) in [5.41, 5.74) is 1.08. The summed E-state index contributed by atoms with van der Waals surface area (Å²) >= 11 is 0. The first-order valence-corrected chi connectivity index (χ1v) is 12.2. The van der Waals surface area contributed by atoms with Gasteiger partial charge in [0.05, 0.1) is 11.1 Å². The summed E-state index contributed by atoms with van der Waals surface area (Å²) in [6.45, 7) is 0. The van der Waals surface area contributed by atoms with Gasteiger partial charge in [0.25, 0.3) is 0 Å². The van der Waals surface area contributed by atoms with E-state index in [0.29, 0.717) is 23.0 Å². The average Bonchev–Trinajstić information content (AvgIpc) is 3.22. The number of ether oxygens (including phenoxy) is 2. The fraction of sp³-hybridized carbons (Fsp3) is 0.500. The lowest BCUT2D eigenvalue weighted by Crippen LogP contribution is -2.36. The van der Waals surface area contributed by atoms with Crippen molar-refractivity contribution in [2.45, 2.75) is 63.6 Å². The molecule has 4 nitrogen and oxygen atoms in total. The third-order valence-corrected chi connectivity index (χ3v) is 8.00. The van der Waals surface area contributed by atoms with Crippen LogP contribution in [0, 0.1) is 23.7 Å². The number of hydrogen-bond donors (Lipinski definition) is 0. The zero-order valence-corrected chi connectivity index (χ0v) is 18.5. The van der Waals surface area contributed by atoms with Gasteiger partial charge in [-0.25, -0.2) is 9.59 Å². The Morgan fingerprint density at radius 1 is 0.562 bits per heavy atom. The van der Waals surface area contributed by atoms with Crippen LogP contribution in [0.1, 0.15) is 72.1 Å². The maximum absolute atomic E-state index is 12.9. The molecule has 32 heavy (non-hydrogen) atoms. The molecule has 168 valence electrons. The van der Waals surface area contributed by atoms with Crippen molar-refractivity contribution in [1.82, 2.24) is 0 Å². The highest BCUT2D eigenvalue weighted by molar-refractivity contribution is 5.90. The van der Waals surface area contributed by atoms with Gasteiger partial charge in [-0.05, 0) is 80.0 Å². The van der Waals surface area contributed by atoms with Crippen LogP contribution in [-0.4, -0.2) is 24.1 Å². The number of fused-ring (bicyclic) bond motifs is 2. The highest BCUT2D eigenvalue weighted by Gasteiger charge is 2.44. The van der Waals surface area contributed by atoms with Crippen molar-refractivity contribution in [3.05, 3.63) is 71.8 Å². The number of hydrogen-bond acceptors (Lipinski definition) is 4. The molecule has 0 aliphatic heterocycles. The monoisotopic (exact) mass is 432 g/mol. The highest BCUT2D eigenvalue weighted by Crippen LogP contribution is 2.51. The Balaban J connectivity index is 1.35. The van der Waals surface area contributed by atoms with Gasteiger partial charge < -0.3 is 9.47 Å². The first-order chi connectivity index (χ1) is 15.7. The molecule has 0 N–H and O–H groups in total. The maximum atomic E-state index is 12.9. The van der Waals surface area contributed by atoms with Gasteiger partial charge >= 0.3 is 11.9 Å². The molecule has 0 heterocycles. The van der Waals surface area contributed by atoms with E-state index in [1.54, 1.807) is 24.3 Å². The van der Waals surface area contributed by atoms with Crippen LogP contribution in [0.25, 0.3) is 0 Å². The smallest absolute Gasteiger partial charge is 0.338 e. The molecule has 2 aromatic carbocycles. The van der Waals surface area contributed by atoms with Gasteiger partial charge in [0.15, 0.2) is 0 Å². The van der Waals surface area contributed by atoms with Crippen molar-refractivity contribution in [1.29, 1.82) is 0 Å². The number of carbonyl (C=O) groups is 2. The minimum absolute atomic E-state index is 0.329. The topological polar surface area (TPSA) is 52.6 Å². The van der Waals surface area contributed by atoms with Crippen molar-refractivity contribution >= 4 is 11.9 Å².